The summed E-state index contributed by atoms with van der Waals surface area (Å²) in [4.78, 5) is 13.6. The molecule has 0 atom stereocenters. The molecule has 0 spiro atoms. The number of halogens is 1. The van der Waals surface area contributed by atoms with Crippen LogP contribution in [0.25, 0.3) is 0 Å². The normalized spacial score (nSPS) is 14.0. The van der Waals surface area contributed by atoms with Gasteiger partial charge in [-0.2, -0.15) is 0 Å². The van der Waals surface area contributed by atoms with Crippen LogP contribution in [0.5, 0.6) is 0 Å². The van der Waals surface area contributed by atoms with Crippen molar-refractivity contribution in [3.05, 3.63) is 53.3 Å². The number of nitrogens with one attached hydrogen (secondary N) is 1. The van der Waals surface area contributed by atoms with E-state index in [9.17, 15) is 17.6 Å². The number of anilines is 2. The number of benzene rings is 2. The van der Waals surface area contributed by atoms with Crippen LogP contribution in [0.2, 0.25) is 0 Å². The lowest BCUT2D eigenvalue weighted by atomic mass is 10.1. The van der Waals surface area contributed by atoms with Crippen LogP contribution in [0.3, 0.4) is 0 Å². The highest BCUT2D eigenvalue weighted by atomic mass is 32.2. The van der Waals surface area contributed by atoms with E-state index in [1.54, 1.807) is 23.1 Å². The Bertz CT molecular complexity index is 925. The van der Waals surface area contributed by atoms with Crippen molar-refractivity contribution in [2.24, 2.45) is 0 Å². The van der Waals surface area contributed by atoms with Crippen LogP contribution in [-0.2, 0) is 21.2 Å². The molecule has 5 nitrogen and oxygen atoms in total. The van der Waals surface area contributed by atoms with E-state index in [0.717, 1.165) is 17.3 Å². The van der Waals surface area contributed by atoms with Gasteiger partial charge in [-0.05, 0) is 61.4 Å². The third-order valence-corrected chi connectivity index (χ3v) is 5.55. The molecule has 7 heteroatoms. The SMILES string of the molecule is CCN1C(=O)Cc2cc(NS(=O)(=O)c3ccc(F)cc3C)ccc21. The summed E-state index contributed by atoms with van der Waals surface area (Å²) in [6, 6.07) is 8.55. The monoisotopic (exact) mass is 348 g/mol. The number of fused-ring (bicyclic) bond motifs is 1. The number of hydrogen-bond acceptors (Lipinski definition) is 3. The molecule has 2 aromatic rings. The lowest BCUT2D eigenvalue weighted by molar-refractivity contribution is -0.117. The maximum atomic E-state index is 13.2. The van der Waals surface area contributed by atoms with Crippen molar-refractivity contribution in [1.82, 2.24) is 0 Å². The largest absolute Gasteiger partial charge is 0.312 e. The smallest absolute Gasteiger partial charge is 0.262 e. The minimum Gasteiger partial charge on any atom is -0.312 e. The summed E-state index contributed by atoms with van der Waals surface area (Å²) in [7, 11) is -3.83. The van der Waals surface area contributed by atoms with Gasteiger partial charge < -0.3 is 4.90 Å². The summed E-state index contributed by atoms with van der Waals surface area (Å²) in [6.07, 6.45) is 0.258. The predicted octanol–water partition coefficient (Wildman–Crippen LogP) is 2.84. The van der Waals surface area contributed by atoms with Gasteiger partial charge in [-0.3, -0.25) is 9.52 Å². The summed E-state index contributed by atoms with van der Waals surface area (Å²) < 4.78 is 40.7. The Morgan fingerprint density at radius 2 is 1.96 bits per heavy atom. The molecule has 1 aliphatic heterocycles. The van der Waals surface area contributed by atoms with Crippen LogP contribution >= 0.6 is 0 Å². The molecule has 1 N–H and O–H groups in total. The first kappa shape index (κ1) is 16.4. The predicted molar refractivity (Wildman–Crippen MR) is 90.1 cm³/mol. The van der Waals surface area contributed by atoms with Crippen molar-refractivity contribution in [3.8, 4) is 0 Å². The molecule has 0 unspecified atom stereocenters. The minimum absolute atomic E-state index is 0.00175. The molecule has 24 heavy (non-hydrogen) atoms. The first-order valence-corrected chi connectivity index (χ1v) is 9.02. The van der Waals surface area contributed by atoms with Crippen LogP contribution in [-0.4, -0.2) is 20.9 Å². The first-order valence-electron chi connectivity index (χ1n) is 7.54. The number of sulfonamides is 1. The van der Waals surface area contributed by atoms with E-state index >= 15 is 0 Å². The topological polar surface area (TPSA) is 66.5 Å². The lowest BCUT2D eigenvalue weighted by Crippen LogP contribution is -2.25. The van der Waals surface area contributed by atoms with Crippen molar-refractivity contribution < 1.29 is 17.6 Å². The molecule has 0 saturated heterocycles. The fraction of sp³-hybridized carbons (Fsp3) is 0.235. The number of nitrogens with zero attached hydrogens (tertiary/aromatic N) is 1. The second-order valence-corrected chi connectivity index (χ2v) is 7.32. The van der Waals surface area contributed by atoms with Gasteiger partial charge in [-0.1, -0.05) is 0 Å². The fourth-order valence-electron chi connectivity index (χ4n) is 2.92. The summed E-state index contributed by atoms with van der Waals surface area (Å²) in [6.45, 7) is 4.00. The molecule has 3 rings (SSSR count). The zero-order valence-electron chi connectivity index (χ0n) is 13.3. The van der Waals surface area contributed by atoms with E-state index in [1.165, 1.54) is 19.1 Å². The van der Waals surface area contributed by atoms with E-state index in [0.29, 0.717) is 17.8 Å². The summed E-state index contributed by atoms with van der Waals surface area (Å²) in [5, 5.41) is 0. The third kappa shape index (κ3) is 2.87. The van der Waals surface area contributed by atoms with Gasteiger partial charge in [0.15, 0.2) is 0 Å². The molecule has 2 aromatic carbocycles. The minimum atomic E-state index is -3.83. The number of rotatable bonds is 4. The van der Waals surface area contributed by atoms with Gasteiger partial charge in [-0.25, -0.2) is 12.8 Å². The van der Waals surface area contributed by atoms with E-state index in [1.807, 2.05) is 6.92 Å². The molecule has 1 heterocycles. The molecule has 1 aliphatic rings. The second-order valence-electron chi connectivity index (χ2n) is 5.67. The number of likely N-dealkylation sites (N-methyl/N-ethyl adjacent to an activating group) is 1. The number of amides is 1. The van der Waals surface area contributed by atoms with Crippen LogP contribution < -0.4 is 9.62 Å². The van der Waals surface area contributed by atoms with Crippen LogP contribution in [0.4, 0.5) is 15.8 Å². The lowest BCUT2D eigenvalue weighted by Gasteiger charge is -2.15. The van der Waals surface area contributed by atoms with Gasteiger partial charge in [-0.15, -0.1) is 0 Å². The number of aryl methyl sites for hydroxylation is 1. The van der Waals surface area contributed by atoms with E-state index in [4.69, 9.17) is 0 Å². The van der Waals surface area contributed by atoms with Crippen molar-refractivity contribution in [2.45, 2.75) is 25.2 Å². The first-order chi connectivity index (χ1) is 11.3. The number of carbonyl (C=O) groups is 1. The molecule has 0 saturated carbocycles. The van der Waals surface area contributed by atoms with Crippen molar-refractivity contribution >= 4 is 27.3 Å². The van der Waals surface area contributed by atoms with Crippen LogP contribution in [0.1, 0.15) is 18.1 Å². The van der Waals surface area contributed by atoms with Gasteiger partial charge >= 0.3 is 0 Å². The molecular weight excluding hydrogens is 331 g/mol. The molecule has 1 amide bonds. The zero-order valence-corrected chi connectivity index (χ0v) is 14.2. The Morgan fingerprint density at radius 1 is 1.21 bits per heavy atom. The average molecular weight is 348 g/mol. The molecule has 126 valence electrons. The van der Waals surface area contributed by atoms with Gasteiger partial charge in [0, 0.05) is 17.9 Å². The van der Waals surface area contributed by atoms with Gasteiger partial charge in [0.1, 0.15) is 5.82 Å². The van der Waals surface area contributed by atoms with Crippen molar-refractivity contribution in [2.75, 3.05) is 16.2 Å². The molecule has 0 bridgehead atoms. The van der Waals surface area contributed by atoms with Gasteiger partial charge in [0.2, 0.25) is 5.91 Å². The Labute approximate surface area is 140 Å². The van der Waals surface area contributed by atoms with Gasteiger partial charge in [0.25, 0.3) is 10.0 Å². The summed E-state index contributed by atoms with van der Waals surface area (Å²) >= 11 is 0. The standard InChI is InChI=1S/C17H17FN2O3S/c1-3-20-15-6-5-14(9-12(15)10-17(20)21)19-24(22,23)16-7-4-13(18)8-11(16)2/h4-9,19H,3,10H2,1-2H3. The second kappa shape index (κ2) is 5.90. The quantitative estimate of drug-likeness (QED) is 0.924. The third-order valence-electron chi connectivity index (χ3n) is 4.01. The fourth-order valence-corrected chi connectivity index (χ4v) is 4.19. The molecule has 0 radical (unpaired) electrons. The average Bonchev–Trinajstić information content (AvgIpc) is 2.80. The van der Waals surface area contributed by atoms with Crippen LogP contribution in [0.15, 0.2) is 41.3 Å². The highest BCUT2D eigenvalue weighted by Crippen LogP contribution is 2.32. The Kier molecular flexibility index (Phi) is 4.04. The molecule has 0 fully saturated rings. The van der Waals surface area contributed by atoms with Crippen LogP contribution in [0, 0.1) is 12.7 Å². The summed E-state index contributed by atoms with van der Waals surface area (Å²) in [5.74, 6) is -0.482. The Morgan fingerprint density at radius 3 is 2.62 bits per heavy atom. The van der Waals surface area contributed by atoms with Crippen molar-refractivity contribution in [3.63, 3.8) is 0 Å². The van der Waals surface area contributed by atoms with E-state index < -0.39 is 15.8 Å². The molecular formula is C17H17FN2O3S. The highest BCUT2D eigenvalue weighted by Gasteiger charge is 2.26. The Hall–Kier alpha value is -2.41. The highest BCUT2D eigenvalue weighted by molar-refractivity contribution is 7.92. The molecule has 0 aliphatic carbocycles. The number of hydrogen-bond donors (Lipinski definition) is 1. The van der Waals surface area contributed by atoms with Crippen molar-refractivity contribution in [1.29, 1.82) is 0 Å². The maximum Gasteiger partial charge on any atom is 0.262 e. The van der Waals surface area contributed by atoms with E-state index in [2.05, 4.69) is 4.72 Å². The number of carbonyl (C=O) groups excluding carboxylic acids is 1. The summed E-state index contributed by atoms with van der Waals surface area (Å²) in [5.41, 5.74) is 2.31. The van der Waals surface area contributed by atoms with E-state index in [-0.39, 0.29) is 17.2 Å². The zero-order chi connectivity index (χ0) is 17.5. The molecule has 0 aromatic heterocycles. The van der Waals surface area contributed by atoms with Gasteiger partial charge in [0.05, 0.1) is 11.3 Å². The Balaban J connectivity index is 1.92. The maximum absolute atomic E-state index is 13.2.